The van der Waals surface area contributed by atoms with Gasteiger partial charge in [-0.25, -0.2) is 0 Å². The minimum Gasteiger partial charge on any atom is -0.307 e. The van der Waals surface area contributed by atoms with Gasteiger partial charge in [-0.2, -0.15) is 10.5 Å². The predicted molar refractivity (Wildman–Crippen MR) is 263 cm³/mol. The number of para-hydroxylation sites is 6. The van der Waals surface area contributed by atoms with Crippen molar-refractivity contribution in [3.63, 3.8) is 0 Å². The second-order valence-electron chi connectivity index (χ2n) is 16.3. The molecule has 0 radical (unpaired) electrons. The molecule has 0 atom stereocenters. The van der Waals surface area contributed by atoms with E-state index in [2.05, 4.69) is 210 Å². The Balaban J connectivity index is 1.40. The molecule has 0 aliphatic heterocycles. The Morgan fingerprint density at radius 3 is 1.39 bits per heavy atom. The third-order valence-electron chi connectivity index (χ3n) is 12.8. The number of rotatable bonds is 8. The van der Waals surface area contributed by atoms with E-state index in [1.165, 1.54) is 0 Å². The number of benzene rings is 9. The molecule has 302 valence electrons. The topological polar surface area (TPSA) is 60.7 Å². The maximum atomic E-state index is 12.2. The molecule has 0 saturated heterocycles. The summed E-state index contributed by atoms with van der Waals surface area (Å²) < 4.78 is 4.48. The van der Waals surface area contributed by atoms with Gasteiger partial charge in [0.1, 0.15) is 17.7 Å². The molecule has 0 unspecified atom stereocenters. The summed E-state index contributed by atoms with van der Waals surface area (Å²) >= 11 is 0. The van der Waals surface area contributed by atoms with Crippen molar-refractivity contribution in [3.8, 4) is 34.6 Å². The van der Waals surface area contributed by atoms with Crippen LogP contribution < -0.4 is 4.90 Å². The van der Waals surface area contributed by atoms with Gasteiger partial charge in [-0.15, -0.1) is 0 Å². The van der Waals surface area contributed by atoms with Crippen LogP contribution in [0.2, 0.25) is 0 Å². The summed E-state index contributed by atoms with van der Waals surface area (Å²) in [6, 6.07) is 74.8. The molecule has 11 aromatic rings. The quantitative estimate of drug-likeness (QED) is 0.153. The van der Waals surface area contributed by atoms with E-state index in [0.29, 0.717) is 34.6 Å². The van der Waals surface area contributed by atoms with Gasteiger partial charge in [0.2, 0.25) is 0 Å². The molecule has 0 bridgehead atoms. The van der Waals surface area contributed by atoms with Crippen molar-refractivity contribution >= 4 is 60.7 Å². The van der Waals surface area contributed by atoms with E-state index in [-0.39, 0.29) is 0 Å². The first-order chi connectivity index (χ1) is 31.6. The fourth-order valence-corrected chi connectivity index (χ4v) is 9.95. The number of aryl methyl sites for hydroxylation is 2. The Morgan fingerprint density at radius 1 is 0.422 bits per heavy atom. The van der Waals surface area contributed by atoms with Crippen LogP contribution in [0.3, 0.4) is 0 Å². The van der Waals surface area contributed by atoms with Crippen LogP contribution in [0, 0.1) is 36.5 Å². The zero-order valence-corrected chi connectivity index (χ0v) is 35.5. The Kier molecular flexibility index (Phi) is 9.38. The van der Waals surface area contributed by atoms with E-state index in [4.69, 9.17) is 0 Å². The third kappa shape index (κ3) is 5.98. The highest BCUT2D eigenvalue weighted by atomic mass is 15.2. The van der Waals surface area contributed by atoms with E-state index in [1.54, 1.807) is 0 Å². The fourth-order valence-electron chi connectivity index (χ4n) is 9.95. The standard InChI is InChI=1S/C59H41N5/c1-39-20-6-9-25-43(39)44-26-10-8-22-41(44)36-49-50(37-60)58(62(42-23-4-3-5-24-42)52-31-15-7-21-40(52)2)59(64-55-34-18-13-29-47(55)48-30-14-19-35-56(48)64)51(38-61)57(49)63-53-32-16-11-27-45(53)46-28-12-17-33-54(46)63/h3-35H,36H2,1-2H3. The van der Waals surface area contributed by atoms with E-state index < -0.39 is 0 Å². The average molecular weight is 820 g/mol. The zero-order valence-electron chi connectivity index (χ0n) is 35.5. The molecule has 64 heavy (non-hydrogen) atoms. The Bertz CT molecular complexity index is 3600. The summed E-state index contributed by atoms with van der Waals surface area (Å²) in [7, 11) is 0. The maximum Gasteiger partial charge on any atom is 0.104 e. The molecule has 2 heterocycles. The molecule has 11 rings (SSSR count). The molecular weight excluding hydrogens is 779 g/mol. The predicted octanol–water partition coefficient (Wildman–Crippen LogP) is 15.0. The lowest BCUT2D eigenvalue weighted by molar-refractivity contribution is 1.04. The van der Waals surface area contributed by atoms with Crippen molar-refractivity contribution in [1.29, 1.82) is 10.5 Å². The van der Waals surface area contributed by atoms with Gasteiger partial charge in [0, 0.05) is 44.9 Å². The van der Waals surface area contributed by atoms with Gasteiger partial charge in [-0.3, -0.25) is 0 Å². The summed E-state index contributed by atoms with van der Waals surface area (Å²) in [5.41, 5.74) is 14.7. The van der Waals surface area contributed by atoms with Crippen LogP contribution in [0.1, 0.15) is 33.4 Å². The zero-order chi connectivity index (χ0) is 43.3. The molecule has 9 aromatic carbocycles. The lowest BCUT2D eigenvalue weighted by atomic mass is 9.87. The number of nitrogens with zero attached hydrogens (tertiary/aromatic N) is 5. The van der Waals surface area contributed by atoms with Crippen LogP contribution in [0.25, 0.3) is 66.1 Å². The van der Waals surface area contributed by atoms with Gasteiger partial charge in [0.15, 0.2) is 0 Å². The number of hydrogen-bond acceptors (Lipinski definition) is 3. The molecule has 0 spiro atoms. The number of hydrogen-bond donors (Lipinski definition) is 0. The van der Waals surface area contributed by atoms with Gasteiger partial charge in [-0.1, -0.05) is 158 Å². The van der Waals surface area contributed by atoms with Crippen molar-refractivity contribution in [2.75, 3.05) is 4.90 Å². The van der Waals surface area contributed by atoms with Gasteiger partial charge in [0.25, 0.3) is 0 Å². The van der Waals surface area contributed by atoms with E-state index in [0.717, 1.165) is 88.4 Å². The number of aromatic nitrogens is 2. The molecule has 5 heteroatoms. The summed E-state index contributed by atoms with van der Waals surface area (Å²) in [4.78, 5) is 2.21. The van der Waals surface area contributed by atoms with Crippen LogP contribution in [-0.4, -0.2) is 9.13 Å². The van der Waals surface area contributed by atoms with E-state index >= 15 is 0 Å². The number of nitriles is 2. The molecule has 0 N–H and O–H groups in total. The summed E-state index contributed by atoms with van der Waals surface area (Å²) in [6.07, 6.45) is 0.370. The van der Waals surface area contributed by atoms with Crippen LogP contribution in [0.15, 0.2) is 200 Å². The van der Waals surface area contributed by atoms with Gasteiger partial charge >= 0.3 is 0 Å². The first-order valence-electron chi connectivity index (χ1n) is 21.6. The SMILES string of the molecule is Cc1ccccc1-c1ccccc1Cc1c(C#N)c(N(c2ccccc2)c2ccccc2C)c(-n2c3ccccc3c3ccccc32)c(C#N)c1-n1c2ccccc2c2ccccc21. The first-order valence-corrected chi connectivity index (χ1v) is 21.6. The van der Waals surface area contributed by atoms with Crippen molar-refractivity contribution in [3.05, 3.63) is 234 Å². The van der Waals surface area contributed by atoms with Crippen molar-refractivity contribution < 1.29 is 0 Å². The molecule has 5 nitrogen and oxygen atoms in total. The van der Waals surface area contributed by atoms with Crippen LogP contribution in [-0.2, 0) is 6.42 Å². The minimum absolute atomic E-state index is 0.370. The lowest BCUT2D eigenvalue weighted by Gasteiger charge is -2.33. The van der Waals surface area contributed by atoms with E-state index in [9.17, 15) is 10.5 Å². The van der Waals surface area contributed by atoms with Crippen LogP contribution in [0.4, 0.5) is 17.1 Å². The molecular formula is C59H41N5. The van der Waals surface area contributed by atoms with Gasteiger partial charge < -0.3 is 14.0 Å². The number of anilines is 3. The summed E-state index contributed by atoms with van der Waals surface area (Å²) in [5.74, 6) is 0. The smallest absolute Gasteiger partial charge is 0.104 e. The summed E-state index contributed by atoms with van der Waals surface area (Å²) in [5, 5.41) is 28.7. The van der Waals surface area contributed by atoms with Crippen molar-refractivity contribution in [2.45, 2.75) is 20.3 Å². The molecule has 0 fully saturated rings. The second kappa shape index (κ2) is 15.7. The van der Waals surface area contributed by atoms with Crippen molar-refractivity contribution in [1.82, 2.24) is 9.13 Å². The second-order valence-corrected chi connectivity index (χ2v) is 16.3. The third-order valence-corrected chi connectivity index (χ3v) is 12.8. The monoisotopic (exact) mass is 819 g/mol. The van der Waals surface area contributed by atoms with Gasteiger partial charge in [0.05, 0.1) is 44.7 Å². The number of fused-ring (bicyclic) bond motifs is 6. The normalized spacial score (nSPS) is 11.3. The van der Waals surface area contributed by atoms with Gasteiger partial charge in [-0.05, 0) is 84.1 Å². The molecule has 0 aliphatic rings. The molecule has 0 saturated carbocycles. The highest BCUT2D eigenvalue weighted by molar-refractivity contribution is 6.12. The Hall–Kier alpha value is -8.64. The molecule has 0 amide bonds. The first kappa shape index (κ1) is 38.3. The fraction of sp³-hybridized carbons (Fsp3) is 0.0508. The maximum absolute atomic E-state index is 12.2. The van der Waals surface area contributed by atoms with E-state index in [1.807, 2.05) is 30.3 Å². The average Bonchev–Trinajstić information content (AvgIpc) is 3.85. The lowest BCUT2D eigenvalue weighted by Crippen LogP contribution is -2.20. The Morgan fingerprint density at radius 2 is 0.859 bits per heavy atom. The molecule has 2 aromatic heterocycles. The highest BCUT2D eigenvalue weighted by Crippen LogP contribution is 2.50. The van der Waals surface area contributed by atoms with Crippen molar-refractivity contribution in [2.24, 2.45) is 0 Å². The minimum atomic E-state index is 0.370. The van der Waals surface area contributed by atoms with Crippen LogP contribution >= 0.6 is 0 Å². The Labute approximate surface area is 372 Å². The molecule has 0 aliphatic carbocycles. The van der Waals surface area contributed by atoms with Crippen LogP contribution in [0.5, 0.6) is 0 Å². The summed E-state index contributed by atoms with van der Waals surface area (Å²) in [6.45, 7) is 4.25. The largest absolute Gasteiger partial charge is 0.307 e. The highest BCUT2D eigenvalue weighted by Gasteiger charge is 2.34.